The topological polar surface area (TPSA) is 34.2 Å². The van der Waals surface area contributed by atoms with Crippen LogP contribution in [0.3, 0.4) is 0 Å². The van der Waals surface area contributed by atoms with Crippen molar-refractivity contribution in [2.75, 3.05) is 13.2 Å². The van der Waals surface area contributed by atoms with E-state index in [1.54, 1.807) is 0 Å². The Labute approximate surface area is 120 Å². The van der Waals surface area contributed by atoms with Crippen molar-refractivity contribution in [1.82, 2.24) is 10.3 Å². The van der Waals surface area contributed by atoms with Gasteiger partial charge in [0.25, 0.3) is 0 Å². The van der Waals surface area contributed by atoms with E-state index in [4.69, 9.17) is 4.74 Å². The van der Waals surface area contributed by atoms with Gasteiger partial charge >= 0.3 is 0 Å². The van der Waals surface area contributed by atoms with E-state index in [0.717, 1.165) is 37.6 Å². The number of fused-ring (bicyclic) bond motifs is 1. The van der Waals surface area contributed by atoms with E-state index in [1.807, 2.05) is 18.3 Å². The van der Waals surface area contributed by atoms with Crippen LogP contribution in [0.5, 0.6) is 5.75 Å². The van der Waals surface area contributed by atoms with Gasteiger partial charge in [0.15, 0.2) is 0 Å². The Morgan fingerprint density at radius 2 is 2.15 bits per heavy atom. The number of benzene rings is 1. The average Bonchev–Trinajstić information content (AvgIpc) is 2.49. The molecule has 3 heteroatoms. The molecule has 20 heavy (non-hydrogen) atoms. The molecule has 0 saturated carbocycles. The number of para-hydroxylation sites is 1. The van der Waals surface area contributed by atoms with Gasteiger partial charge in [0, 0.05) is 25.2 Å². The van der Waals surface area contributed by atoms with Crippen LogP contribution in [0.25, 0.3) is 0 Å². The molecule has 1 N–H and O–H groups in total. The lowest BCUT2D eigenvalue weighted by Gasteiger charge is -2.26. The Morgan fingerprint density at radius 1 is 1.25 bits per heavy atom. The van der Waals surface area contributed by atoms with Crippen molar-refractivity contribution < 1.29 is 4.74 Å². The van der Waals surface area contributed by atoms with Crippen molar-refractivity contribution in [2.45, 2.75) is 25.8 Å². The van der Waals surface area contributed by atoms with Crippen LogP contribution in [0.1, 0.15) is 29.2 Å². The van der Waals surface area contributed by atoms with E-state index in [2.05, 4.69) is 41.5 Å². The Kier molecular flexibility index (Phi) is 3.97. The zero-order chi connectivity index (χ0) is 13.8. The highest BCUT2D eigenvalue weighted by Gasteiger charge is 2.20. The Hall–Kier alpha value is -1.87. The monoisotopic (exact) mass is 268 g/mol. The zero-order valence-corrected chi connectivity index (χ0v) is 11.8. The molecule has 1 aliphatic rings. The average molecular weight is 268 g/mol. The summed E-state index contributed by atoms with van der Waals surface area (Å²) in [6.07, 6.45) is 2.93. The van der Waals surface area contributed by atoms with E-state index in [1.165, 1.54) is 11.1 Å². The highest BCUT2D eigenvalue weighted by Crippen LogP contribution is 2.32. The van der Waals surface area contributed by atoms with E-state index in [0.29, 0.717) is 5.92 Å². The molecular formula is C17H20N2O. The minimum Gasteiger partial charge on any atom is -0.493 e. The van der Waals surface area contributed by atoms with Crippen LogP contribution < -0.4 is 10.1 Å². The number of pyridine rings is 1. The van der Waals surface area contributed by atoms with Crippen molar-refractivity contribution in [3.05, 3.63) is 59.4 Å². The number of aryl methyl sites for hydroxylation is 1. The first-order valence-corrected chi connectivity index (χ1v) is 7.17. The molecule has 104 valence electrons. The second kappa shape index (κ2) is 6.06. The Morgan fingerprint density at radius 3 is 3.05 bits per heavy atom. The molecule has 0 fully saturated rings. The molecule has 0 spiro atoms. The zero-order valence-electron chi connectivity index (χ0n) is 11.8. The van der Waals surface area contributed by atoms with Crippen LogP contribution in [0.15, 0.2) is 42.6 Å². The van der Waals surface area contributed by atoms with E-state index in [-0.39, 0.29) is 0 Å². The fraction of sp³-hybridized carbons (Fsp3) is 0.353. The normalized spacial score (nSPS) is 17.4. The summed E-state index contributed by atoms with van der Waals surface area (Å²) >= 11 is 0. The van der Waals surface area contributed by atoms with Crippen LogP contribution in [0.4, 0.5) is 0 Å². The Bertz CT molecular complexity index is 583. The molecule has 1 unspecified atom stereocenters. The standard InChI is InChI=1S/C17H20N2O/c1-13-5-4-9-19-16(13)12-18-11-14-8-10-20-17-7-3-2-6-15(14)17/h2-7,9,14,18H,8,10-12H2,1H3. The van der Waals surface area contributed by atoms with Crippen LogP contribution in [-0.2, 0) is 6.54 Å². The third kappa shape index (κ3) is 2.83. The summed E-state index contributed by atoms with van der Waals surface area (Å²) in [5.41, 5.74) is 3.70. The molecule has 1 aliphatic heterocycles. The Balaban J connectivity index is 1.61. The predicted molar refractivity (Wildman–Crippen MR) is 80.0 cm³/mol. The van der Waals surface area contributed by atoms with E-state index >= 15 is 0 Å². The molecule has 2 aromatic rings. The fourth-order valence-corrected chi connectivity index (χ4v) is 2.70. The predicted octanol–water partition coefficient (Wildman–Crippen LogP) is 3.05. The molecule has 0 radical (unpaired) electrons. The van der Waals surface area contributed by atoms with Gasteiger partial charge < -0.3 is 10.1 Å². The smallest absolute Gasteiger partial charge is 0.122 e. The minimum atomic E-state index is 0.531. The lowest BCUT2D eigenvalue weighted by atomic mass is 9.93. The summed E-state index contributed by atoms with van der Waals surface area (Å²) in [5.74, 6) is 1.57. The van der Waals surface area contributed by atoms with Crippen molar-refractivity contribution in [3.8, 4) is 5.75 Å². The molecule has 2 heterocycles. The number of rotatable bonds is 4. The molecule has 1 aromatic heterocycles. The SMILES string of the molecule is Cc1cccnc1CNCC1CCOc2ccccc21. The first kappa shape index (κ1) is 13.1. The molecule has 3 rings (SSSR count). The molecule has 0 aliphatic carbocycles. The maximum Gasteiger partial charge on any atom is 0.122 e. The molecule has 1 atom stereocenters. The van der Waals surface area contributed by atoms with Gasteiger partial charge in [-0.1, -0.05) is 24.3 Å². The van der Waals surface area contributed by atoms with Gasteiger partial charge in [-0.05, 0) is 36.6 Å². The first-order chi connectivity index (χ1) is 9.84. The number of hydrogen-bond donors (Lipinski definition) is 1. The van der Waals surface area contributed by atoms with Gasteiger partial charge in [0.1, 0.15) is 5.75 Å². The molecule has 1 aromatic carbocycles. The van der Waals surface area contributed by atoms with Crippen molar-refractivity contribution in [3.63, 3.8) is 0 Å². The lowest BCUT2D eigenvalue weighted by Crippen LogP contribution is -2.26. The minimum absolute atomic E-state index is 0.531. The molecule has 0 amide bonds. The maximum atomic E-state index is 5.70. The second-order valence-corrected chi connectivity index (χ2v) is 5.27. The van der Waals surface area contributed by atoms with Crippen LogP contribution in [0, 0.1) is 6.92 Å². The van der Waals surface area contributed by atoms with Crippen LogP contribution >= 0.6 is 0 Å². The van der Waals surface area contributed by atoms with Gasteiger partial charge in [0.2, 0.25) is 0 Å². The summed E-state index contributed by atoms with van der Waals surface area (Å²) in [6.45, 7) is 4.71. The number of nitrogens with one attached hydrogen (secondary N) is 1. The van der Waals surface area contributed by atoms with Gasteiger partial charge in [-0.3, -0.25) is 4.98 Å². The number of ether oxygens (including phenoxy) is 1. The largest absolute Gasteiger partial charge is 0.493 e. The summed E-state index contributed by atoms with van der Waals surface area (Å²) in [7, 11) is 0. The third-order valence-corrected chi connectivity index (χ3v) is 3.88. The summed E-state index contributed by atoms with van der Waals surface area (Å²) in [6, 6.07) is 12.4. The third-order valence-electron chi connectivity index (χ3n) is 3.88. The number of hydrogen-bond acceptors (Lipinski definition) is 3. The summed E-state index contributed by atoms with van der Waals surface area (Å²) in [5, 5.41) is 3.54. The molecule has 3 nitrogen and oxygen atoms in total. The summed E-state index contributed by atoms with van der Waals surface area (Å²) < 4.78 is 5.70. The van der Waals surface area contributed by atoms with Gasteiger partial charge in [0.05, 0.1) is 12.3 Å². The number of aromatic nitrogens is 1. The van der Waals surface area contributed by atoms with Crippen molar-refractivity contribution in [1.29, 1.82) is 0 Å². The van der Waals surface area contributed by atoms with Crippen molar-refractivity contribution in [2.24, 2.45) is 0 Å². The van der Waals surface area contributed by atoms with E-state index in [9.17, 15) is 0 Å². The lowest BCUT2D eigenvalue weighted by molar-refractivity contribution is 0.264. The van der Waals surface area contributed by atoms with Crippen molar-refractivity contribution >= 4 is 0 Å². The molecule has 0 bridgehead atoms. The van der Waals surface area contributed by atoms with Gasteiger partial charge in [-0.15, -0.1) is 0 Å². The summed E-state index contributed by atoms with van der Waals surface area (Å²) in [4.78, 5) is 4.42. The second-order valence-electron chi connectivity index (χ2n) is 5.27. The quantitative estimate of drug-likeness (QED) is 0.925. The highest BCUT2D eigenvalue weighted by molar-refractivity contribution is 5.37. The van der Waals surface area contributed by atoms with Gasteiger partial charge in [-0.25, -0.2) is 0 Å². The first-order valence-electron chi connectivity index (χ1n) is 7.17. The van der Waals surface area contributed by atoms with Gasteiger partial charge in [-0.2, -0.15) is 0 Å². The fourth-order valence-electron chi connectivity index (χ4n) is 2.70. The maximum absolute atomic E-state index is 5.70. The van der Waals surface area contributed by atoms with E-state index < -0.39 is 0 Å². The van der Waals surface area contributed by atoms with Crippen LogP contribution in [0.2, 0.25) is 0 Å². The van der Waals surface area contributed by atoms with Crippen LogP contribution in [-0.4, -0.2) is 18.1 Å². The number of nitrogens with zero attached hydrogens (tertiary/aromatic N) is 1. The molecule has 0 saturated heterocycles. The molecular weight excluding hydrogens is 248 g/mol. The highest BCUT2D eigenvalue weighted by atomic mass is 16.5.